The van der Waals surface area contributed by atoms with Gasteiger partial charge in [-0.15, -0.1) is 0 Å². The number of rotatable bonds is 5. The minimum Gasteiger partial charge on any atom is -0.339 e. The molecule has 0 aromatic carbocycles. The molecule has 0 saturated heterocycles. The quantitative estimate of drug-likeness (QED) is 0.769. The molecule has 0 spiro atoms. The first kappa shape index (κ1) is 13.0. The van der Waals surface area contributed by atoms with E-state index in [4.69, 9.17) is 0 Å². The van der Waals surface area contributed by atoms with Crippen LogP contribution in [0.2, 0.25) is 0 Å². The highest BCUT2D eigenvalue weighted by atomic mass is 79.9. The SMILES string of the molecule is Cn1cnc(S(=O)(=O)N(CCBr)C2CCC2)c1. The molecule has 0 amide bonds. The van der Waals surface area contributed by atoms with E-state index < -0.39 is 10.0 Å². The Labute approximate surface area is 110 Å². The lowest BCUT2D eigenvalue weighted by Gasteiger charge is -2.35. The monoisotopic (exact) mass is 321 g/mol. The topological polar surface area (TPSA) is 55.2 Å². The summed E-state index contributed by atoms with van der Waals surface area (Å²) in [6, 6.07) is 0.152. The summed E-state index contributed by atoms with van der Waals surface area (Å²) in [6.45, 7) is 0.504. The van der Waals surface area contributed by atoms with Crippen LogP contribution in [-0.4, -0.2) is 40.2 Å². The molecule has 0 N–H and O–H groups in total. The number of sulfonamides is 1. The summed E-state index contributed by atoms with van der Waals surface area (Å²) in [6.07, 6.45) is 6.09. The summed E-state index contributed by atoms with van der Waals surface area (Å²) in [7, 11) is -1.66. The van der Waals surface area contributed by atoms with Crippen molar-refractivity contribution in [2.24, 2.45) is 7.05 Å². The Kier molecular flexibility index (Phi) is 3.89. The van der Waals surface area contributed by atoms with Gasteiger partial charge >= 0.3 is 0 Å². The van der Waals surface area contributed by atoms with E-state index in [1.807, 2.05) is 0 Å². The van der Waals surface area contributed by atoms with Crippen molar-refractivity contribution in [3.63, 3.8) is 0 Å². The van der Waals surface area contributed by atoms with Crippen molar-refractivity contribution in [3.8, 4) is 0 Å². The van der Waals surface area contributed by atoms with E-state index in [1.165, 1.54) is 6.33 Å². The summed E-state index contributed by atoms with van der Waals surface area (Å²) in [4.78, 5) is 3.95. The first-order valence-corrected chi connectivity index (χ1v) is 8.17. The van der Waals surface area contributed by atoms with Gasteiger partial charge in [0.05, 0.1) is 6.33 Å². The molecule has 0 bridgehead atoms. The Bertz CT molecular complexity index is 481. The molecule has 0 radical (unpaired) electrons. The molecule has 0 unspecified atom stereocenters. The predicted molar refractivity (Wildman–Crippen MR) is 68.5 cm³/mol. The predicted octanol–water partition coefficient (Wildman–Crippen LogP) is 1.36. The zero-order chi connectivity index (χ0) is 12.5. The Hall–Kier alpha value is -0.400. The van der Waals surface area contributed by atoms with Crippen LogP contribution in [0.15, 0.2) is 17.6 Å². The van der Waals surface area contributed by atoms with E-state index >= 15 is 0 Å². The Morgan fingerprint density at radius 3 is 2.71 bits per heavy atom. The number of nitrogens with zero attached hydrogens (tertiary/aromatic N) is 3. The van der Waals surface area contributed by atoms with Crippen LogP contribution in [0.25, 0.3) is 0 Å². The number of imidazole rings is 1. The number of alkyl halides is 1. The number of hydrogen-bond donors (Lipinski definition) is 0. The van der Waals surface area contributed by atoms with Crippen LogP contribution in [0.4, 0.5) is 0 Å². The van der Waals surface area contributed by atoms with E-state index in [2.05, 4.69) is 20.9 Å². The second-order valence-electron chi connectivity index (χ2n) is 4.27. The second kappa shape index (κ2) is 5.07. The van der Waals surface area contributed by atoms with Gasteiger partial charge < -0.3 is 4.57 Å². The van der Waals surface area contributed by atoms with Crippen LogP contribution < -0.4 is 0 Å². The third kappa shape index (κ3) is 2.56. The van der Waals surface area contributed by atoms with Crippen molar-refractivity contribution in [1.29, 1.82) is 0 Å². The average Bonchev–Trinajstić information content (AvgIpc) is 2.62. The number of hydrogen-bond acceptors (Lipinski definition) is 3. The van der Waals surface area contributed by atoms with Gasteiger partial charge in [-0.3, -0.25) is 0 Å². The maximum Gasteiger partial charge on any atom is 0.262 e. The van der Waals surface area contributed by atoms with Gasteiger partial charge in [-0.25, -0.2) is 13.4 Å². The van der Waals surface area contributed by atoms with Crippen molar-refractivity contribution < 1.29 is 8.42 Å². The Balaban J connectivity index is 2.27. The molecule has 1 aromatic rings. The van der Waals surface area contributed by atoms with E-state index in [-0.39, 0.29) is 11.1 Å². The highest BCUT2D eigenvalue weighted by Crippen LogP contribution is 2.29. The highest BCUT2D eigenvalue weighted by molar-refractivity contribution is 9.09. The minimum atomic E-state index is -3.43. The van der Waals surface area contributed by atoms with E-state index in [1.54, 1.807) is 22.1 Å². The zero-order valence-electron chi connectivity index (χ0n) is 9.71. The maximum absolute atomic E-state index is 12.4. The summed E-state index contributed by atoms with van der Waals surface area (Å²) in [5.74, 6) is 0. The number of aromatic nitrogens is 2. The molecule has 17 heavy (non-hydrogen) atoms. The van der Waals surface area contributed by atoms with Crippen molar-refractivity contribution in [1.82, 2.24) is 13.9 Å². The molecular formula is C10H16BrN3O2S. The van der Waals surface area contributed by atoms with Crippen molar-refractivity contribution in [3.05, 3.63) is 12.5 Å². The standard InChI is InChI=1S/C10H16BrN3O2S/c1-13-7-10(12-8-13)17(15,16)14(6-5-11)9-3-2-4-9/h7-9H,2-6H2,1H3. The molecule has 1 fully saturated rings. The van der Waals surface area contributed by atoms with Gasteiger partial charge in [-0.1, -0.05) is 22.4 Å². The molecule has 1 aliphatic carbocycles. The lowest BCUT2D eigenvalue weighted by Crippen LogP contribution is -2.45. The summed E-state index contributed by atoms with van der Waals surface area (Å²) >= 11 is 3.31. The Morgan fingerprint density at radius 2 is 2.29 bits per heavy atom. The summed E-state index contributed by atoms with van der Waals surface area (Å²) < 4.78 is 28.0. The number of halogens is 1. The lowest BCUT2D eigenvalue weighted by atomic mass is 9.93. The van der Waals surface area contributed by atoms with Crippen LogP contribution in [0.3, 0.4) is 0 Å². The normalized spacial score (nSPS) is 17.4. The molecule has 1 heterocycles. The van der Waals surface area contributed by atoms with Crippen LogP contribution in [0, 0.1) is 0 Å². The first-order chi connectivity index (χ1) is 8.05. The van der Waals surface area contributed by atoms with Crippen LogP contribution in [-0.2, 0) is 17.1 Å². The highest BCUT2D eigenvalue weighted by Gasteiger charge is 2.35. The van der Waals surface area contributed by atoms with Crippen LogP contribution in [0.1, 0.15) is 19.3 Å². The van der Waals surface area contributed by atoms with Crippen LogP contribution in [0.5, 0.6) is 0 Å². The molecule has 0 aliphatic heterocycles. The molecule has 0 atom stereocenters. The number of aryl methyl sites for hydroxylation is 1. The van der Waals surface area contributed by atoms with Gasteiger partial charge in [-0.05, 0) is 12.8 Å². The van der Waals surface area contributed by atoms with Gasteiger partial charge in [-0.2, -0.15) is 4.31 Å². The van der Waals surface area contributed by atoms with Gasteiger partial charge in [0, 0.05) is 31.2 Å². The summed E-state index contributed by atoms with van der Waals surface area (Å²) in [5.41, 5.74) is 0. The van der Waals surface area contributed by atoms with Crippen molar-refractivity contribution in [2.75, 3.05) is 11.9 Å². The van der Waals surface area contributed by atoms with Gasteiger partial charge in [0.2, 0.25) is 0 Å². The van der Waals surface area contributed by atoms with Gasteiger partial charge in [0.25, 0.3) is 10.0 Å². The minimum absolute atomic E-state index is 0.146. The van der Waals surface area contributed by atoms with Crippen LogP contribution >= 0.6 is 15.9 Å². The molecular weight excluding hydrogens is 306 g/mol. The molecule has 1 aromatic heterocycles. The van der Waals surface area contributed by atoms with E-state index in [0.717, 1.165) is 19.3 Å². The van der Waals surface area contributed by atoms with Gasteiger partial charge in [0.1, 0.15) is 0 Å². The molecule has 2 rings (SSSR count). The fourth-order valence-electron chi connectivity index (χ4n) is 1.90. The molecule has 1 aliphatic rings. The van der Waals surface area contributed by atoms with E-state index in [0.29, 0.717) is 11.9 Å². The Morgan fingerprint density at radius 1 is 1.59 bits per heavy atom. The largest absolute Gasteiger partial charge is 0.339 e. The fourth-order valence-corrected chi connectivity index (χ4v) is 4.17. The average molecular weight is 322 g/mol. The first-order valence-electron chi connectivity index (χ1n) is 5.61. The van der Waals surface area contributed by atoms with E-state index in [9.17, 15) is 8.42 Å². The lowest BCUT2D eigenvalue weighted by molar-refractivity contribution is 0.227. The zero-order valence-corrected chi connectivity index (χ0v) is 12.1. The third-order valence-electron chi connectivity index (χ3n) is 3.04. The maximum atomic E-state index is 12.4. The van der Waals surface area contributed by atoms with Gasteiger partial charge in [0.15, 0.2) is 5.03 Å². The molecule has 1 saturated carbocycles. The van der Waals surface area contributed by atoms with Crippen molar-refractivity contribution >= 4 is 26.0 Å². The summed E-state index contributed by atoms with van der Waals surface area (Å²) in [5, 5.41) is 0.795. The smallest absolute Gasteiger partial charge is 0.262 e. The molecule has 7 heteroatoms. The fraction of sp³-hybridized carbons (Fsp3) is 0.700. The third-order valence-corrected chi connectivity index (χ3v) is 5.23. The van der Waals surface area contributed by atoms with Crippen molar-refractivity contribution in [2.45, 2.75) is 30.3 Å². The molecule has 96 valence electrons. The second-order valence-corrected chi connectivity index (χ2v) is 6.90. The molecule has 5 nitrogen and oxygen atoms in total.